The monoisotopic (exact) mass is 344 g/mol. The molecule has 3 amide bonds. The summed E-state index contributed by atoms with van der Waals surface area (Å²) in [5.41, 5.74) is 0.274. The van der Waals surface area contributed by atoms with E-state index in [1.165, 1.54) is 17.4 Å². The molecule has 1 aromatic rings. The normalized spacial score (nSPS) is 13.7. The minimum atomic E-state index is -4.58. The summed E-state index contributed by atoms with van der Waals surface area (Å²) in [5, 5.41) is 1.51. The van der Waals surface area contributed by atoms with Crippen LogP contribution in [0.15, 0.2) is 24.3 Å². The van der Waals surface area contributed by atoms with E-state index < -0.39 is 49.6 Å². The third-order valence-electron chi connectivity index (χ3n) is 3.02. The third kappa shape index (κ3) is 4.09. The second-order valence-corrected chi connectivity index (χ2v) is 4.79. The first-order valence-electron chi connectivity index (χ1n) is 6.63. The molecule has 128 valence electrons. The van der Waals surface area contributed by atoms with Crippen LogP contribution in [0, 0.1) is 0 Å². The zero-order valence-corrected chi connectivity index (χ0v) is 12.1. The zero-order chi connectivity index (χ0) is 17.9. The molecule has 7 nitrogen and oxygen atoms in total. The average Bonchev–Trinajstić information content (AvgIpc) is 2.76. The van der Waals surface area contributed by atoms with E-state index in [1.807, 2.05) is 0 Å². The van der Waals surface area contributed by atoms with Gasteiger partial charge in [-0.25, -0.2) is 0 Å². The number of fused-ring (bicyclic) bond motifs is 1. The van der Waals surface area contributed by atoms with Gasteiger partial charge >= 0.3 is 12.1 Å². The van der Waals surface area contributed by atoms with Crippen molar-refractivity contribution >= 4 is 23.7 Å². The van der Waals surface area contributed by atoms with Crippen molar-refractivity contribution in [3.63, 3.8) is 0 Å². The highest BCUT2D eigenvalue weighted by Crippen LogP contribution is 2.22. The van der Waals surface area contributed by atoms with E-state index in [2.05, 4.69) is 4.74 Å². The fourth-order valence-corrected chi connectivity index (χ4v) is 1.95. The molecule has 1 N–H and O–H groups in total. The number of ether oxygens (including phenoxy) is 1. The highest BCUT2D eigenvalue weighted by Gasteiger charge is 2.36. The lowest BCUT2D eigenvalue weighted by atomic mass is 10.1. The molecule has 1 aromatic carbocycles. The zero-order valence-electron chi connectivity index (χ0n) is 12.1. The highest BCUT2D eigenvalue weighted by atomic mass is 19.4. The molecule has 1 aliphatic rings. The van der Waals surface area contributed by atoms with Gasteiger partial charge in [0.05, 0.1) is 11.1 Å². The summed E-state index contributed by atoms with van der Waals surface area (Å²) in [7, 11) is 0. The van der Waals surface area contributed by atoms with Crippen LogP contribution in [0.1, 0.15) is 20.7 Å². The van der Waals surface area contributed by atoms with Crippen molar-refractivity contribution < 1.29 is 37.1 Å². The molecule has 0 aliphatic carbocycles. The largest absolute Gasteiger partial charge is 0.454 e. The number of carbonyl (C=O) groups excluding carboxylic acids is 4. The number of amides is 3. The molecule has 0 fully saturated rings. The Balaban J connectivity index is 1.85. The lowest BCUT2D eigenvalue weighted by Gasteiger charge is -2.13. The number of esters is 1. The maximum Gasteiger partial charge on any atom is 0.405 e. The molecular formula is C14H11F3N2O5. The van der Waals surface area contributed by atoms with Gasteiger partial charge in [-0.2, -0.15) is 13.2 Å². The van der Waals surface area contributed by atoms with E-state index in [9.17, 15) is 32.3 Å². The molecule has 0 atom stereocenters. The maximum atomic E-state index is 12.0. The molecule has 1 heterocycles. The van der Waals surface area contributed by atoms with Gasteiger partial charge in [-0.1, -0.05) is 12.1 Å². The van der Waals surface area contributed by atoms with E-state index in [1.54, 1.807) is 12.1 Å². The lowest BCUT2D eigenvalue weighted by Crippen LogP contribution is -2.39. The number of nitrogens with zero attached hydrogens (tertiary/aromatic N) is 1. The van der Waals surface area contributed by atoms with Crippen LogP contribution in [0.3, 0.4) is 0 Å². The number of imide groups is 1. The molecule has 0 bridgehead atoms. The molecule has 0 aromatic heterocycles. The van der Waals surface area contributed by atoms with Gasteiger partial charge in [0.2, 0.25) is 0 Å². The molecule has 0 saturated carbocycles. The third-order valence-corrected chi connectivity index (χ3v) is 3.02. The Hall–Kier alpha value is -2.91. The van der Waals surface area contributed by atoms with E-state index in [0.29, 0.717) is 4.90 Å². The summed E-state index contributed by atoms with van der Waals surface area (Å²) >= 11 is 0. The van der Waals surface area contributed by atoms with Crippen molar-refractivity contribution in [2.24, 2.45) is 0 Å². The van der Waals surface area contributed by atoms with E-state index in [-0.39, 0.29) is 11.1 Å². The Morgan fingerprint density at radius 1 is 1.08 bits per heavy atom. The van der Waals surface area contributed by atoms with Crippen LogP contribution in [0.5, 0.6) is 0 Å². The molecule has 1 aliphatic heterocycles. The first kappa shape index (κ1) is 17.4. The van der Waals surface area contributed by atoms with Crippen molar-refractivity contribution in [3.05, 3.63) is 35.4 Å². The molecule has 2 rings (SSSR count). The quantitative estimate of drug-likeness (QED) is 0.620. The number of benzene rings is 1. The van der Waals surface area contributed by atoms with Gasteiger partial charge in [0.1, 0.15) is 13.1 Å². The van der Waals surface area contributed by atoms with Gasteiger partial charge in [-0.15, -0.1) is 0 Å². The van der Waals surface area contributed by atoms with Crippen LogP contribution in [0.25, 0.3) is 0 Å². The Labute approximate surface area is 133 Å². The summed E-state index contributed by atoms with van der Waals surface area (Å²) < 4.78 is 40.2. The van der Waals surface area contributed by atoms with Crippen molar-refractivity contribution in [2.45, 2.75) is 6.18 Å². The van der Waals surface area contributed by atoms with Crippen molar-refractivity contribution in [1.82, 2.24) is 10.2 Å². The molecule has 24 heavy (non-hydrogen) atoms. The summed E-state index contributed by atoms with van der Waals surface area (Å²) in [6, 6.07) is 5.95. The Bertz CT molecular complexity index is 667. The van der Waals surface area contributed by atoms with Crippen LogP contribution in [0.2, 0.25) is 0 Å². The van der Waals surface area contributed by atoms with Crippen molar-refractivity contribution in [3.8, 4) is 0 Å². The standard InChI is InChI=1S/C14H11F3N2O5/c15-14(16,17)7-18-10(20)6-24-11(21)5-19-12(22)8-3-1-2-4-9(8)13(19)23/h1-4H,5-7H2,(H,18,20). The second kappa shape index (κ2) is 6.69. The maximum absolute atomic E-state index is 12.0. The summed E-state index contributed by atoms with van der Waals surface area (Å²) in [4.78, 5) is 47.3. The predicted molar refractivity (Wildman–Crippen MR) is 71.8 cm³/mol. The first-order valence-corrected chi connectivity index (χ1v) is 6.63. The van der Waals surface area contributed by atoms with Crippen LogP contribution >= 0.6 is 0 Å². The van der Waals surface area contributed by atoms with Crippen LogP contribution in [0.4, 0.5) is 13.2 Å². The Morgan fingerprint density at radius 2 is 1.62 bits per heavy atom. The minimum Gasteiger partial charge on any atom is -0.454 e. The van der Waals surface area contributed by atoms with Gasteiger partial charge < -0.3 is 10.1 Å². The number of carbonyl (C=O) groups is 4. The fraction of sp³-hybridized carbons (Fsp3) is 0.286. The molecule has 0 saturated heterocycles. The number of rotatable bonds is 5. The summed E-state index contributed by atoms with van der Waals surface area (Å²) in [6.45, 7) is -3.24. The highest BCUT2D eigenvalue weighted by molar-refractivity contribution is 6.22. The fourth-order valence-electron chi connectivity index (χ4n) is 1.95. The molecule has 0 spiro atoms. The lowest BCUT2D eigenvalue weighted by molar-refractivity contribution is -0.151. The van der Waals surface area contributed by atoms with Gasteiger partial charge in [-0.3, -0.25) is 24.1 Å². The topological polar surface area (TPSA) is 92.8 Å². The van der Waals surface area contributed by atoms with E-state index in [0.717, 1.165) is 0 Å². The smallest absolute Gasteiger partial charge is 0.405 e. The van der Waals surface area contributed by atoms with Crippen LogP contribution < -0.4 is 5.32 Å². The molecule has 10 heteroatoms. The molecular weight excluding hydrogens is 333 g/mol. The Morgan fingerprint density at radius 3 is 2.12 bits per heavy atom. The second-order valence-electron chi connectivity index (χ2n) is 4.79. The first-order chi connectivity index (χ1) is 11.2. The number of halogens is 3. The van der Waals surface area contributed by atoms with Crippen LogP contribution in [-0.4, -0.2) is 54.5 Å². The predicted octanol–water partition coefficient (Wildman–Crippen LogP) is 0.504. The molecule has 0 unspecified atom stereocenters. The van der Waals surface area contributed by atoms with Gasteiger partial charge in [0.15, 0.2) is 6.61 Å². The number of alkyl halides is 3. The number of hydrogen-bond acceptors (Lipinski definition) is 5. The average molecular weight is 344 g/mol. The van der Waals surface area contributed by atoms with Gasteiger partial charge in [0.25, 0.3) is 17.7 Å². The van der Waals surface area contributed by atoms with Gasteiger partial charge in [-0.05, 0) is 12.1 Å². The van der Waals surface area contributed by atoms with E-state index >= 15 is 0 Å². The number of hydrogen-bond donors (Lipinski definition) is 1. The number of nitrogens with one attached hydrogen (secondary N) is 1. The van der Waals surface area contributed by atoms with E-state index in [4.69, 9.17) is 0 Å². The van der Waals surface area contributed by atoms with Crippen molar-refractivity contribution in [1.29, 1.82) is 0 Å². The SMILES string of the molecule is O=C(COC(=O)CN1C(=O)c2ccccc2C1=O)NCC(F)(F)F. The van der Waals surface area contributed by atoms with Crippen LogP contribution in [-0.2, 0) is 14.3 Å². The minimum absolute atomic E-state index is 0.137. The summed E-state index contributed by atoms with van der Waals surface area (Å²) in [5.74, 6) is -3.61. The summed E-state index contributed by atoms with van der Waals surface area (Å²) in [6.07, 6.45) is -4.58. The van der Waals surface area contributed by atoms with Crippen molar-refractivity contribution in [2.75, 3.05) is 19.7 Å². The Kier molecular flexibility index (Phi) is 4.86. The molecule has 0 radical (unpaired) electrons. The van der Waals surface area contributed by atoms with Gasteiger partial charge in [0, 0.05) is 0 Å².